The van der Waals surface area contributed by atoms with Crippen molar-refractivity contribution in [1.82, 2.24) is 9.97 Å². The number of thioether (sulfide) groups is 1. The molecule has 1 aromatic heterocycles. The molecule has 0 radical (unpaired) electrons. The molecule has 0 fully saturated rings. The van der Waals surface area contributed by atoms with Gasteiger partial charge in [0, 0.05) is 17.7 Å². The first-order chi connectivity index (χ1) is 7.04. The van der Waals surface area contributed by atoms with Gasteiger partial charge in [-0.1, -0.05) is 13.8 Å². The average Bonchev–Trinajstić information content (AvgIpc) is 2.17. The highest BCUT2D eigenvalue weighted by molar-refractivity contribution is 7.98. The van der Waals surface area contributed by atoms with Crippen molar-refractivity contribution < 1.29 is 9.90 Å². The van der Waals surface area contributed by atoms with Crippen LogP contribution in [0.15, 0.2) is 11.2 Å². The number of hydrogen-bond donors (Lipinski definition) is 1. The van der Waals surface area contributed by atoms with Crippen LogP contribution >= 0.6 is 11.8 Å². The van der Waals surface area contributed by atoms with E-state index < -0.39 is 5.97 Å². The van der Waals surface area contributed by atoms with Crippen LogP contribution in [0.1, 0.15) is 31.2 Å². The lowest BCUT2D eigenvalue weighted by Crippen LogP contribution is -2.06. The lowest BCUT2D eigenvalue weighted by Gasteiger charge is -2.08. The minimum Gasteiger partial charge on any atom is -0.481 e. The summed E-state index contributed by atoms with van der Waals surface area (Å²) in [5.41, 5.74) is 0.680. The van der Waals surface area contributed by atoms with Crippen molar-refractivity contribution in [3.05, 3.63) is 17.6 Å². The number of nitrogens with zero attached hydrogens (tertiary/aromatic N) is 2. The van der Waals surface area contributed by atoms with Crippen LogP contribution in [-0.2, 0) is 11.2 Å². The van der Waals surface area contributed by atoms with Crippen LogP contribution in [0.3, 0.4) is 0 Å². The molecule has 0 atom stereocenters. The van der Waals surface area contributed by atoms with E-state index in [1.807, 2.05) is 20.1 Å². The second-order valence-electron chi connectivity index (χ2n) is 3.49. The van der Waals surface area contributed by atoms with Crippen LogP contribution in [0.5, 0.6) is 0 Å². The van der Waals surface area contributed by atoms with Gasteiger partial charge in [0.25, 0.3) is 0 Å². The summed E-state index contributed by atoms with van der Waals surface area (Å²) in [5.74, 6) is 0.162. The molecule has 1 aromatic rings. The van der Waals surface area contributed by atoms with Gasteiger partial charge in [0.05, 0.1) is 6.42 Å². The Kier molecular flexibility index (Phi) is 4.08. The van der Waals surface area contributed by atoms with Gasteiger partial charge < -0.3 is 5.11 Å². The van der Waals surface area contributed by atoms with Gasteiger partial charge >= 0.3 is 5.97 Å². The normalized spacial score (nSPS) is 10.7. The Bertz CT molecular complexity index is 366. The molecule has 15 heavy (non-hydrogen) atoms. The van der Waals surface area contributed by atoms with Crippen molar-refractivity contribution in [2.24, 2.45) is 0 Å². The van der Waals surface area contributed by atoms with Crippen molar-refractivity contribution >= 4 is 17.7 Å². The number of aromatic nitrogens is 2. The lowest BCUT2D eigenvalue weighted by molar-refractivity contribution is -0.136. The fraction of sp³-hybridized carbons (Fsp3) is 0.500. The van der Waals surface area contributed by atoms with Crippen LogP contribution in [0, 0.1) is 0 Å². The first-order valence-electron chi connectivity index (χ1n) is 4.66. The zero-order chi connectivity index (χ0) is 11.4. The van der Waals surface area contributed by atoms with Crippen LogP contribution < -0.4 is 0 Å². The Morgan fingerprint density at radius 3 is 2.73 bits per heavy atom. The number of aliphatic carboxylic acids is 1. The molecule has 0 aromatic carbocycles. The second kappa shape index (κ2) is 5.11. The summed E-state index contributed by atoms with van der Waals surface area (Å²) >= 11 is 1.45. The number of carbonyl (C=O) groups is 1. The molecule has 4 nitrogen and oxygen atoms in total. The van der Waals surface area contributed by atoms with E-state index in [2.05, 4.69) is 9.97 Å². The number of carboxylic acids is 1. The maximum atomic E-state index is 10.6. The third-order valence-electron chi connectivity index (χ3n) is 1.89. The maximum Gasteiger partial charge on any atom is 0.307 e. The Morgan fingerprint density at radius 2 is 2.27 bits per heavy atom. The van der Waals surface area contributed by atoms with E-state index in [0.29, 0.717) is 5.56 Å². The van der Waals surface area contributed by atoms with Gasteiger partial charge in [0.2, 0.25) is 0 Å². The Labute approximate surface area is 93.1 Å². The summed E-state index contributed by atoms with van der Waals surface area (Å²) in [6.45, 7) is 4.02. The monoisotopic (exact) mass is 226 g/mol. The second-order valence-corrected chi connectivity index (χ2v) is 4.28. The molecule has 1 rings (SSSR count). The molecular formula is C10H14N2O2S. The van der Waals surface area contributed by atoms with E-state index in [1.165, 1.54) is 11.8 Å². The molecular weight excluding hydrogens is 212 g/mol. The third-order valence-corrected chi connectivity index (χ3v) is 2.64. The molecule has 82 valence electrons. The van der Waals surface area contributed by atoms with Crippen molar-refractivity contribution in [1.29, 1.82) is 0 Å². The van der Waals surface area contributed by atoms with Crippen LogP contribution in [0.4, 0.5) is 0 Å². The molecule has 1 heterocycles. The quantitative estimate of drug-likeness (QED) is 0.628. The molecule has 0 unspecified atom stereocenters. The fourth-order valence-corrected chi connectivity index (χ4v) is 1.71. The zero-order valence-corrected chi connectivity index (χ0v) is 9.84. The van der Waals surface area contributed by atoms with Crippen LogP contribution in [-0.4, -0.2) is 27.3 Å². The third kappa shape index (κ3) is 3.20. The van der Waals surface area contributed by atoms with Gasteiger partial charge in [0.1, 0.15) is 10.9 Å². The van der Waals surface area contributed by atoms with E-state index in [-0.39, 0.29) is 12.3 Å². The van der Waals surface area contributed by atoms with E-state index in [9.17, 15) is 4.79 Å². The summed E-state index contributed by atoms with van der Waals surface area (Å²) in [6, 6.07) is 0. The largest absolute Gasteiger partial charge is 0.481 e. The Balaban J connectivity index is 3.03. The van der Waals surface area contributed by atoms with Crippen molar-refractivity contribution in [2.45, 2.75) is 31.2 Å². The summed E-state index contributed by atoms with van der Waals surface area (Å²) in [7, 11) is 0. The highest BCUT2D eigenvalue weighted by Gasteiger charge is 2.11. The Morgan fingerprint density at radius 1 is 1.60 bits per heavy atom. The predicted octanol–water partition coefficient (Wildman–Crippen LogP) is 1.95. The fourth-order valence-electron chi connectivity index (χ4n) is 1.14. The van der Waals surface area contributed by atoms with E-state index in [4.69, 9.17) is 5.11 Å². The first kappa shape index (κ1) is 12.0. The van der Waals surface area contributed by atoms with Gasteiger partial charge in [-0.25, -0.2) is 9.97 Å². The maximum absolute atomic E-state index is 10.6. The molecule has 0 saturated heterocycles. The Hall–Kier alpha value is -1.10. The van der Waals surface area contributed by atoms with Gasteiger partial charge in [-0.05, 0) is 6.26 Å². The van der Waals surface area contributed by atoms with Gasteiger partial charge in [-0.2, -0.15) is 0 Å². The highest BCUT2D eigenvalue weighted by Crippen LogP contribution is 2.20. The van der Waals surface area contributed by atoms with E-state index in [1.54, 1.807) is 6.20 Å². The minimum absolute atomic E-state index is 0.0193. The standard InChI is InChI=1S/C10H14N2O2S/c1-6(2)9-11-5-7(4-8(13)14)10(12-9)15-3/h5-6H,4H2,1-3H3,(H,13,14). The molecule has 0 bridgehead atoms. The minimum atomic E-state index is -0.855. The van der Waals surface area contributed by atoms with Gasteiger partial charge in [-0.15, -0.1) is 11.8 Å². The average molecular weight is 226 g/mol. The van der Waals surface area contributed by atoms with Crippen molar-refractivity contribution in [3.8, 4) is 0 Å². The van der Waals surface area contributed by atoms with E-state index in [0.717, 1.165) is 10.9 Å². The molecule has 0 aliphatic heterocycles. The molecule has 0 aliphatic rings. The van der Waals surface area contributed by atoms with Crippen LogP contribution in [0.25, 0.3) is 0 Å². The van der Waals surface area contributed by atoms with E-state index >= 15 is 0 Å². The summed E-state index contributed by atoms with van der Waals surface area (Å²) in [6.07, 6.45) is 3.48. The molecule has 0 amide bonds. The molecule has 0 aliphatic carbocycles. The van der Waals surface area contributed by atoms with Gasteiger partial charge in [0.15, 0.2) is 0 Å². The number of carboxylic acid groups (broad SMARTS) is 1. The first-order valence-corrected chi connectivity index (χ1v) is 5.88. The van der Waals surface area contributed by atoms with Crippen molar-refractivity contribution in [2.75, 3.05) is 6.26 Å². The highest BCUT2D eigenvalue weighted by atomic mass is 32.2. The summed E-state index contributed by atoms with van der Waals surface area (Å²) < 4.78 is 0. The van der Waals surface area contributed by atoms with Crippen molar-refractivity contribution in [3.63, 3.8) is 0 Å². The topological polar surface area (TPSA) is 63.1 Å². The van der Waals surface area contributed by atoms with Crippen LogP contribution in [0.2, 0.25) is 0 Å². The molecule has 5 heteroatoms. The molecule has 1 N–H and O–H groups in total. The zero-order valence-electron chi connectivity index (χ0n) is 9.02. The molecule has 0 saturated carbocycles. The lowest BCUT2D eigenvalue weighted by atomic mass is 10.2. The smallest absolute Gasteiger partial charge is 0.307 e. The summed E-state index contributed by atoms with van der Waals surface area (Å²) in [4.78, 5) is 19.1. The van der Waals surface area contributed by atoms with Gasteiger partial charge in [-0.3, -0.25) is 4.79 Å². The molecule has 0 spiro atoms. The SMILES string of the molecule is CSc1nc(C(C)C)ncc1CC(=O)O. The number of rotatable bonds is 4. The number of hydrogen-bond acceptors (Lipinski definition) is 4. The predicted molar refractivity (Wildman–Crippen MR) is 59.2 cm³/mol. The summed E-state index contributed by atoms with van der Waals surface area (Å²) in [5, 5.41) is 9.46.